The van der Waals surface area contributed by atoms with E-state index in [4.69, 9.17) is 16.3 Å². The first kappa shape index (κ1) is 14.0. The van der Waals surface area contributed by atoms with E-state index in [0.717, 1.165) is 17.0 Å². The molecular formula is C11H14ClN5OS. The summed E-state index contributed by atoms with van der Waals surface area (Å²) >= 11 is 7.41. The second-order valence-electron chi connectivity index (χ2n) is 3.77. The molecular weight excluding hydrogens is 286 g/mol. The first-order chi connectivity index (χ1) is 9.19. The third-order valence-electron chi connectivity index (χ3n) is 2.27. The van der Waals surface area contributed by atoms with Crippen molar-refractivity contribution in [3.05, 3.63) is 21.4 Å². The highest BCUT2D eigenvalue weighted by atomic mass is 35.5. The Morgan fingerprint density at radius 3 is 2.89 bits per heavy atom. The number of aryl methyl sites for hydroxylation is 1. The van der Waals surface area contributed by atoms with Gasteiger partial charge in [-0.1, -0.05) is 6.92 Å². The summed E-state index contributed by atoms with van der Waals surface area (Å²) in [6.07, 6.45) is 0.881. The summed E-state index contributed by atoms with van der Waals surface area (Å²) < 4.78 is 5.34. The van der Waals surface area contributed by atoms with Gasteiger partial charge in [0.25, 0.3) is 0 Å². The van der Waals surface area contributed by atoms with Crippen LogP contribution in [0.3, 0.4) is 0 Å². The van der Waals surface area contributed by atoms with Crippen molar-refractivity contribution in [2.24, 2.45) is 0 Å². The second kappa shape index (κ2) is 6.63. The summed E-state index contributed by atoms with van der Waals surface area (Å²) in [4.78, 5) is 17.4. The molecule has 0 radical (unpaired) electrons. The quantitative estimate of drug-likeness (QED) is 0.884. The van der Waals surface area contributed by atoms with Crippen molar-refractivity contribution in [3.63, 3.8) is 0 Å². The zero-order chi connectivity index (χ0) is 13.7. The van der Waals surface area contributed by atoms with Crippen molar-refractivity contribution in [2.75, 3.05) is 11.9 Å². The molecule has 0 aromatic carbocycles. The molecule has 0 aliphatic carbocycles. The van der Waals surface area contributed by atoms with Gasteiger partial charge in [-0.2, -0.15) is 15.0 Å². The Bertz CT molecular complexity index is 548. The van der Waals surface area contributed by atoms with Gasteiger partial charge in [0, 0.05) is 4.88 Å². The lowest BCUT2D eigenvalue weighted by Crippen LogP contribution is -2.07. The van der Waals surface area contributed by atoms with Gasteiger partial charge >= 0.3 is 6.01 Å². The standard InChI is InChI=1S/C11H14ClN5OS/c1-3-4-18-11-16-9(12)15-10(17-11)13-5-8-7(2)14-6-19-8/h6H,3-5H2,1-2H3,(H,13,15,16,17). The molecule has 2 aromatic rings. The molecule has 2 heterocycles. The Balaban J connectivity index is 2.03. The molecule has 2 rings (SSSR count). The summed E-state index contributed by atoms with van der Waals surface area (Å²) in [5, 5.41) is 3.20. The van der Waals surface area contributed by atoms with E-state index in [2.05, 4.69) is 25.3 Å². The molecule has 0 fully saturated rings. The minimum Gasteiger partial charge on any atom is -0.463 e. The van der Waals surface area contributed by atoms with Crippen LogP contribution in [0.1, 0.15) is 23.9 Å². The predicted octanol–water partition coefficient (Wildman–Crippen LogP) is 2.69. The molecule has 19 heavy (non-hydrogen) atoms. The Kier molecular flexibility index (Phi) is 4.86. The fourth-order valence-corrected chi connectivity index (χ4v) is 2.19. The number of thiazole rings is 1. The lowest BCUT2D eigenvalue weighted by atomic mass is 10.4. The highest BCUT2D eigenvalue weighted by Crippen LogP contribution is 2.15. The minimum absolute atomic E-state index is 0.115. The summed E-state index contributed by atoms with van der Waals surface area (Å²) in [5.74, 6) is 0.402. The summed E-state index contributed by atoms with van der Waals surface area (Å²) in [6, 6.07) is 0.241. The van der Waals surface area contributed by atoms with Crippen LogP contribution in [0.25, 0.3) is 0 Å². The second-order valence-corrected chi connectivity index (χ2v) is 5.05. The van der Waals surface area contributed by atoms with Crippen LogP contribution in [0.15, 0.2) is 5.51 Å². The Morgan fingerprint density at radius 1 is 1.37 bits per heavy atom. The summed E-state index contributed by atoms with van der Waals surface area (Å²) in [7, 11) is 0. The van der Waals surface area contributed by atoms with E-state index in [1.807, 2.05) is 19.4 Å². The van der Waals surface area contributed by atoms with E-state index in [-0.39, 0.29) is 11.3 Å². The van der Waals surface area contributed by atoms with Crippen LogP contribution in [-0.4, -0.2) is 26.5 Å². The normalized spacial score (nSPS) is 10.5. The molecule has 0 bridgehead atoms. The zero-order valence-electron chi connectivity index (χ0n) is 10.7. The van der Waals surface area contributed by atoms with Crippen molar-refractivity contribution in [1.82, 2.24) is 19.9 Å². The number of nitrogens with one attached hydrogen (secondary N) is 1. The maximum Gasteiger partial charge on any atom is 0.322 e. The molecule has 0 aliphatic rings. The number of rotatable bonds is 6. The van der Waals surface area contributed by atoms with E-state index in [0.29, 0.717) is 19.1 Å². The van der Waals surface area contributed by atoms with E-state index >= 15 is 0 Å². The molecule has 8 heteroatoms. The van der Waals surface area contributed by atoms with Gasteiger partial charge in [0.1, 0.15) is 0 Å². The van der Waals surface area contributed by atoms with E-state index in [9.17, 15) is 0 Å². The number of aromatic nitrogens is 4. The van der Waals surface area contributed by atoms with Gasteiger partial charge in [0.15, 0.2) is 0 Å². The molecule has 0 spiro atoms. The van der Waals surface area contributed by atoms with Gasteiger partial charge in [-0.15, -0.1) is 11.3 Å². The molecule has 0 saturated carbocycles. The van der Waals surface area contributed by atoms with Gasteiger partial charge in [-0.25, -0.2) is 4.98 Å². The molecule has 2 aromatic heterocycles. The van der Waals surface area contributed by atoms with Crippen LogP contribution in [0, 0.1) is 6.92 Å². The van der Waals surface area contributed by atoms with Gasteiger partial charge in [-0.05, 0) is 24.9 Å². The fourth-order valence-electron chi connectivity index (χ4n) is 1.32. The van der Waals surface area contributed by atoms with Gasteiger partial charge in [0.05, 0.1) is 24.4 Å². The Labute approximate surface area is 120 Å². The number of nitrogens with zero attached hydrogens (tertiary/aromatic N) is 4. The van der Waals surface area contributed by atoms with Crippen molar-refractivity contribution >= 4 is 28.9 Å². The minimum atomic E-state index is 0.115. The number of halogens is 1. The van der Waals surface area contributed by atoms with Gasteiger partial charge in [-0.3, -0.25) is 0 Å². The molecule has 0 atom stereocenters. The monoisotopic (exact) mass is 299 g/mol. The SMILES string of the molecule is CCCOc1nc(Cl)nc(NCc2scnc2C)n1. The zero-order valence-corrected chi connectivity index (χ0v) is 12.3. The smallest absolute Gasteiger partial charge is 0.322 e. The largest absolute Gasteiger partial charge is 0.463 e. The molecule has 6 nitrogen and oxygen atoms in total. The molecule has 1 N–H and O–H groups in total. The van der Waals surface area contributed by atoms with Crippen LogP contribution in [0.2, 0.25) is 5.28 Å². The average Bonchev–Trinajstić information content (AvgIpc) is 2.79. The fraction of sp³-hybridized carbons (Fsp3) is 0.455. The number of hydrogen-bond acceptors (Lipinski definition) is 7. The highest BCUT2D eigenvalue weighted by molar-refractivity contribution is 7.09. The third kappa shape index (κ3) is 4.00. The van der Waals surface area contributed by atoms with Gasteiger partial charge in [0.2, 0.25) is 11.2 Å². The first-order valence-corrected chi connectivity index (χ1v) is 7.12. The molecule has 0 unspecified atom stereocenters. The van der Waals surface area contributed by atoms with E-state index in [1.54, 1.807) is 11.3 Å². The summed E-state index contributed by atoms with van der Waals surface area (Å²) in [5.41, 5.74) is 2.81. The number of ether oxygens (including phenoxy) is 1. The number of hydrogen-bond donors (Lipinski definition) is 1. The van der Waals surface area contributed by atoms with E-state index in [1.165, 1.54) is 0 Å². The maximum absolute atomic E-state index is 5.83. The highest BCUT2D eigenvalue weighted by Gasteiger charge is 2.07. The average molecular weight is 300 g/mol. The van der Waals surface area contributed by atoms with Crippen LogP contribution in [0.4, 0.5) is 5.95 Å². The topological polar surface area (TPSA) is 72.8 Å². The lowest BCUT2D eigenvalue weighted by molar-refractivity contribution is 0.291. The van der Waals surface area contributed by atoms with Crippen LogP contribution < -0.4 is 10.1 Å². The Hall–Kier alpha value is -1.47. The lowest BCUT2D eigenvalue weighted by Gasteiger charge is -2.06. The van der Waals surface area contributed by atoms with Crippen LogP contribution in [0.5, 0.6) is 6.01 Å². The maximum atomic E-state index is 5.83. The van der Waals surface area contributed by atoms with Crippen LogP contribution in [-0.2, 0) is 6.54 Å². The van der Waals surface area contributed by atoms with Crippen molar-refractivity contribution in [1.29, 1.82) is 0 Å². The van der Waals surface area contributed by atoms with Gasteiger partial charge < -0.3 is 10.1 Å². The van der Waals surface area contributed by atoms with E-state index < -0.39 is 0 Å². The molecule has 0 aliphatic heterocycles. The summed E-state index contributed by atoms with van der Waals surface area (Å²) in [6.45, 7) is 5.12. The molecule has 0 saturated heterocycles. The van der Waals surface area contributed by atoms with Crippen molar-refractivity contribution < 1.29 is 4.74 Å². The predicted molar refractivity (Wildman–Crippen MR) is 74.8 cm³/mol. The molecule has 102 valence electrons. The molecule has 0 amide bonds. The van der Waals surface area contributed by atoms with Crippen molar-refractivity contribution in [3.8, 4) is 6.01 Å². The van der Waals surface area contributed by atoms with Crippen molar-refractivity contribution in [2.45, 2.75) is 26.8 Å². The first-order valence-electron chi connectivity index (χ1n) is 5.86. The number of anilines is 1. The third-order valence-corrected chi connectivity index (χ3v) is 3.38. The Morgan fingerprint density at radius 2 is 2.21 bits per heavy atom. The van der Waals surface area contributed by atoms with Crippen LogP contribution >= 0.6 is 22.9 Å².